The van der Waals surface area contributed by atoms with Gasteiger partial charge in [0.2, 0.25) is 5.91 Å². The number of carbonyl (C=O) groups is 2. The quantitative estimate of drug-likeness (QED) is 0.637. The Morgan fingerprint density at radius 1 is 1.07 bits per heavy atom. The summed E-state index contributed by atoms with van der Waals surface area (Å²) in [7, 11) is 0. The van der Waals surface area contributed by atoms with Crippen LogP contribution in [0.3, 0.4) is 0 Å². The van der Waals surface area contributed by atoms with E-state index >= 15 is 0 Å². The Bertz CT molecular complexity index is 848. The van der Waals surface area contributed by atoms with E-state index in [4.69, 9.17) is 4.74 Å². The van der Waals surface area contributed by atoms with Crippen LogP contribution in [-0.2, 0) is 16.1 Å². The summed E-state index contributed by atoms with van der Waals surface area (Å²) in [6, 6.07) is 15.0. The van der Waals surface area contributed by atoms with Gasteiger partial charge in [-0.3, -0.25) is 9.59 Å². The fourth-order valence-electron chi connectivity index (χ4n) is 3.25. The number of nitrogens with zero attached hydrogens (tertiary/aromatic N) is 1. The lowest BCUT2D eigenvalue weighted by atomic mass is 10.1. The fraction of sp³-hybridized carbons (Fsp3) is 0.440. The number of rotatable bonds is 10. The smallest absolute Gasteiger partial charge is 0.261 e. The Labute approximate surface area is 180 Å². The lowest BCUT2D eigenvalue weighted by Gasteiger charge is -2.31. The van der Waals surface area contributed by atoms with Gasteiger partial charge in [-0.25, -0.2) is 0 Å². The molecule has 5 nitrogen and oxygen atoms in total. The molecule has 162 valence electrons. The molecule has 0 spiro atoms. The lowest BCUT2D eigenvalue weighted by Crippen LogP contribution is -2.50. The third-order valence-electron chi connectivity index (χ3n) is 5.02. The van der Waals surface area contributed by atoms with Gasteiger partial charge in [0.25, 0.3) is 5.91 Å². The first kappa shape index (κ1) is 23.5. The zero-order valence-corrected chi connectivity index (χ0v) is 18.8. The van der Waals surface area contributed by atoms with Gasteiger partial charge < -0.3 is 15.0 Å². The van der Waals surface area contributed by atoms with Crippen molar-refractivity contribution in [2.45, 2.75) is 53.6 Å². The van der Waals surface area contributed by atoms with E-state index < -0.39 is 6.04 Å². The molecule has 0 aromatic heterocycles. The number of amides is 2. The number of ether oxygens (including phenoxy) is 1. The highest BCUT2D eigenvalue weighted by atomic mass is 16.5. The van der Waals surface area contributed by atoms with Gasteiger partial charge in [-0.05, 0) is 55.0 Å². The Morgan fingerprint density at radius 2 is 1.80 bits per heavy atom. The monoisotopic (exact) mass is 410 g/mol. The molecule has 0 radical (unpaired) electrons. The first-order valence-corrected chi connectivity index (χ1v) is 10.6. The molecule has 0 bridgehead atoms. The number of benzene rings is 2. The van der Waals surface area contributed by atoms with Crippen LogP contribution in [0.25, 0.3) is 0 Å². The molecule has 0 saturated carbocycles. The van der Waals surface area contributed by atoms with Crippen molar-refractivity contribution in [3.05, 3.63) is 65.2 Å². The summed E-state index contributed by atoms with van der Waals surface area (Å²) in [5.74, 6) is 0.670. The fourth-order valence-corrected chi connectivity index (χ4v) is 3.25. The van der Waals surface area contributed by atoms with Crippen molar-refractivity contribution in [2.75, 3.05) is 13.2 Å². The molecule has 0 fully saturated rings. The van der Waals surface area contributed by atoms with Crippen LogP contribution in [0.15, 0.2) is 48.5 Å². The maximum absolute atomic E-state index is 13.2. The molecule has 0 aliphatic heterocycles. The molecule has 0 saturated heterocycles. The van der Waals surface area contributed by atoms with E-state index in [1.165, 1.54) is 0 Å². The van der Waals surface area contributed by atoms with Crippen LogP contribution < -0.4 is 10.1 Å². The molecule has 0 aliphatic carbocycles. The maximum Gasteiger partial charge on any atom is 0.261 e. The van der Waals surface area contributed by atoms with Crippen molar-refractivity contribution < 1.29 is 14.3 Å². The highest BCUT2D eigenvalue weighted by Crippen LogP contribution is 2.17. The van der Waals surface area contributed by atoms with Gasteiger partial charge in [-0.2, -0.15) is 0 Å². The van der Waals surface area contributed by atoms with Crippen LogP contribution in [0.5, 0.6) is 5.75 Å². The van der Waals surface area contributed by atoms with E-state index in [2.05, 4.69) is 5.32 Å². The normalized spacial score (nSPS) is 11.8. The van der Waals surface area contributed by atoms with Crippen molar-refractivity contribution in [3.63, 3.8) is 0 Å². The van der Waals surface area contributed by atoms with Gasteiger partial charge in [0.15, 0.2) is 6.61 Å². The number of hydrogen-bond donors (Lipinski definition) is 1. The minimum Gasteiger partial charge on any atom is -0.484 e. The van der Waals surface area contributed by atoms with E-state index in [-0.39, 0.29) is 18.4 Å². The van der Waals surface area contributed by atoms with E-state index in [1.54, 1.807) is 4.90 Å². The Kier molecular flexibility index (Phi) is 8.90. The molecule has 2 aromatic rings. The van der Waals surface area contributed by atoms with Crippen molar-refractivity contribution in [1.82, 2.24) is 10.2 Å². The molecular formula is C25H34N2O3. The average Bonchev–Trinajstić information content (AvgIpc) is 2.71. The van der Waals surface area contributed by atoms with E-state index in [1.807, 2.05) is 83.1 Å². The predicted molar refractivity (Wildman–Crippen MR) is 120 cm³/mol. The van der Waals surface area contributed by atoms with E-state index in [0.717, 1.165) is 16.7 Å². The molecule has 0 unspecified atom stereocenters. The second kappa shape index (κ2) is 11.4. The van der Waals surface area contributed by atoms with Gasteiger partial charge >= 0.3 is 0 Å². The van der Waals surface area contributed by atoms with Crippen molar-refractivity contribution in [1.29, 1.82) is 0 Å². The van der Waals surface area contributed by atoms with Gasteiger partial charge in [-0.15, -0.1) is 0 Å². The molecule has 2 amide bonds. The molecular weight excluding hydrogens is 376 g/mol. The zero-order valence-electron chi connectivity index (χ0n) is 18.8. The molecule has 5 heteroatoms. The summed E-state index contributed by atoms with van der Waals surface area (Å²) in [6.45, 7) is 10.9. The molecule has 2 aromatic carbocycles. The summed E-state index contributed by atoms with van der Waals surface area (Å²) in [6.07, 6.45) is 0.534. The van der Waals surface area contributed by atoms with Crippen LogP contribution in [0.2, 0.25) is 0 Å². The molecule has 0 aliphatic rings. The summed E-state index contributed by atoms with van der Waals surface area (Å²) in [4.78, 5) is 27.7. The Hall–Kier alpha value is -2.82. The van der Waals surface area contributed by atoms with Gasteiger partial charge in [0.05, 0.1) is 0 Å². The first-order valence-electron chi connectivity index (χ1n) is 10.6. The van der Waals surface area contributed by atoms with Gasteiger partial charge in [0, 0.05) is 13.1 Å². The highest BCUT2D eigenvalue weighted by Gasteiger charge is 2.29. The number of aryl methyl sites for hydroxylation is 2. The molecule has 0 heterocycles. The molecule has 1 N–H and O–H groups in total. The molecule has 2 rings (SSSR count). The minimum atomic E-state index is -0.544. The second-order valence-corrected chi connectivity index (χ2v) is 8.12. The first-order chi connectivity index (χ1) is 14.3. The predicted octanol–water partition coefficient (Wildman–Crippen LogP) is 4.26. The average molecular weight is 411 g/mol. The lowest BCUT2D eigenvalue weighted by molar-refractivity contribution is -0.143. The van der Waals surface area contributed by atoms with Crippen molar-refractivity contribution in [3.8, 4) is 5.75 Å². The molecule has 30 heavy (non-hydrogen) atoms. The largest absolute Gasteiger partial charge is 0.484 e. The molecule has 1 atom stereocenters. The number of nitrogens with one attached hydrogen (secondary N) is 1. The van der Waals surface area contributed by atoms with Crippen LogP contribution in [0.1, 0.15) is 43.9 Å². The number of hydrogen-bond acceptors (Lipinski definition) is 3. The highest BCUT2D eigenvalue weighted by molar-refractivity contribution is 5.88. The third-order valence-corrected chi connectivity index (χ3v) is 5.02. The maximum atomic E-state index is 13.2. The summed E-state index contributed by atoms with van der Waals surface area (Å²) < 4.78 is 5.75. The minimum absolute atomic E-state index is 0.108. The van der Waals surface area contributed by atoms with Crippen molar-refractivity contribution >= 4 is 11.8 Å². The van der Waals surface area contributed by atoms with Crippen molar-refractivity contribution in [2.24, 2.45) is 5.92 Å². The summed E-state index contributed by atoms with van der Waals surface area (Å²) in [5.41, 5.74) is 3.18. The summed E-state index contributed by atoms with van der Waals surface area (Å²) in [5, 5.41) is 2.98. The van der Waals surface area contributed by atoms with Crippen LogP contribution in [-0.4, -0.2) is 35.9 Å². The third kappa shape index (κ3) is 6.90. The van der Waals surface area contributed by atoms with Gasteiger partial charge in [0.1, 0.15) is 11.8 Å². The van der Waals surface area contributed by atoms with E-state index in [9.17, 15) is 9.59 Å². The Balaban J connectivity index is 2.21. The topological polar surface area (TPSA) is 58.6 Å². The summed E-state index contributed by atoms with van der Waals surface area (Å²) >= 11 is 0. The van der Waals surface area contributed by atoms with E-state index in [0.29, 0.717) is 31.2 Å². The standard InChI is InChI=1S/C25H34N2O3/c1-6-23(25(29)26-15-18(2)3)27(16-21-12-8-7-11-20(21)5)24(28)17-30-22-13-9-10-19(4)14-22/h7-14,18,23H,6,15-17H2,1-5H3,(H,26,29)/t23-/m1/s1. The SMILES string of the molecule is CC[C@H](C(=O)NCC(C)C)N(Cc1ccccc1C)C(=O)COc1cccc(C)c1. The number of carbonyl (C=O) groups excluding carboxylic acids is 2. The van der Waals surface area contributed by atoms with Crippen LogP contribution >= 0.6 is 0 Å². The van der Waals surface area contributed by atoms with Crippen LogP contribution in [0.4, 0.5) is 0 Å². The van der Waals surface area contributed by atoms with Crippen LogP contribution in [0, 0.1) is 19.8 Å². The second-order valence-electron chi connectivity index (χ2n) is 8.12. The zero-order chi connectivity index (χ0) is 22.1. The van der Waals surface area contributed by atoms with Gasteiger partial charge in [-0.1, -0.05) is 57.2 Å². The Morgan fingerprint density at radius 3 is 2.43 bits per heavy atom.